The Morgan fingerprint density at radius 1 is 1.14 bits per heavy atom. The third-order valence-electron chi connectivity index (χ3n) is 3.59. The van der Waals surface area contributed by atoms with Gasteiger partial charge in [0.2, 0.25) is 0 Å². The maximum Gasteiger partial charge on any atom is 0.425 e. The SMILES string of the molecule is CC(OC(=O)NC(=O)c1ccsc1NC(=O)c1nc2ccccc2s1)C(F)(F)F. The van der Waals surface area contributed by atoms with E-state index in [2.05, 4.69) is 15.0 Å². The molecule has 0 aliphatic carbocycles. The average Bonchev–Trinajstić information content (AvgIpc) is 3.27. The number of nitrogens with one attached hydrogen (secondary N) is 2. The number of amides is 3. The van der Waals surface area contributed by atoms with Crippen molar-refractivity contribution in [1.29, 1.82) is 0 Å². The van der Waals surface area contributed by atoms with Crippen LogP contribution in [-0.4, -0.2) is 35.2 Å². The van der Waals surface area contributed by atoms with Crippen LogP contribution in [0.1, 0.15) is 27.1 Å². The van der Waals surface area contributed by atoms with Gasteiger partial charge >= 0.3 is 12.3 Å². The van der Waals surface area contributed by atoms with Crippen LogP contribution in [0, 0.1) is 0 Å². The number of carbonyl (C=O) groups is 3. The van der Waals surface area contributed by atoms with Crippen molar-refractivity contribution in [3.05, 3.63) is 46.3 Å². The maximum absolute atomic E-state index is 12.4. The highest BCUT2D eigenvalue weighted by Gasteiger charge is 2.39. The van der Waals surface area contributed by atoms with Crippen molar-refractivity contribution in [2.45, 2.75) is 19.2 Å². The molecule has 0 fully saturated rings. The predicted molar refractivity (Wildman–Crippen MR) is 101 cm³/mol. The number of carbonyl (C=O) groups excluding carboxylic acids is 3. The second-order valence-corrected chi connectivity index (χ2v) is 7.59. The Morgan fingerprint density at radius 3 is 2.55 bits per heavy atom. The number of nitrogens with zero attached hydrogens (tertiary/aromatic N) is 1. The Labute approximate surface area is 169 Å². The van der Waals surface area contributed by atoms with Gasteiger partial charge in [0.25, 0.3) is 11.8 Å². The van der Waals surface area contributed by atoms with Crippen molar-refractivity contribution >= 4 is 55.8 Å². The van der Waals surface area contributed by atoms with E-state index in [-0.39, 0.29) is 15.6 Å². The molecule has 152 valence electrons. The van der Waals surface area contributed by atoms with Gasteiger partial charge in [-0.05, 0) is 30.5 Å². The van der Waals surface area contributed by atoms with Crippen LogP contribution in [-0.2, 0) is 4.74 Å². The first-order valence-electron chi connectivity index (χ1n) is 7.98. The lowest BCUT2D eigenvalue weighted by atomic mass is 10.3. The third-order valence-corrected chi connectivity index (χ3v) is 5.45. The summed E-state index contributed by atoms with van der Waals surface area (Å²) in [6.07, 6.45) is -8.68. The second-order valence-electron chi connectivity index (χ2n) is 5.65. The minimum Gasteiger partial charge on any atom is -0.437 e. The highest BCUT2D eigenvalue weighted by atomic mass is 32.1. The molecule has 3 amide bonds. The van der Waals surface area contributed by atoms with Gasteiger partial charge < -0.3 is 10.1 Å². The largest absolute Gasteiger partial charge is 0.437 e. The molecule has 1 unspecified atom stereocenters. The van der Waals surface area contributed by atoms with E-state index in [1.165, 1.54) is 11.4 Å². The van der Waals surface area contributed by atoms with E-state index < -0.39 is 30.2 Å². The zero-order valence-electron chi connectivity index (χ0n) is 14.6. The monoisotopic (exact) mass is 443 g/mol. The number of fused-ring (bicyclic) bond motifs is 1. The number of thiophene rings is 1. The number of thiazole rings is 1. The molecule has 29 heavy (non-hydrogen) atoms. The molecule has 0 saturated heterocycles. The van der Waals surface area contributed by atoms with Crippen molar-refractivity contribution < 1.29 is 32.3 Å². The van der Waals surface area contributed by atoms with E-state index in [1.54, 1.807) is 23.5 Å². The molecule has 2 N–H and O–H groups in total. The molecule has 2 aromatic heterocycles. The first-order chi connectivity index (χ1) is 13.6. The molecule has 7 nitrogen and oxygen atoms in total. The lowest BCUT2D eigenvalue weighted by Gasteiger charge is -2.16. The van der Waals surface area contributed by atoms with E-state index in [4.69, 9.17) is 0 Å². The first kappa shape index (κ1) is 20.7. The Bertz CT molecular complexity index is 1040. The second kappa shape index (κ2) is 8.17. The predicted octanol–water partition coefficient (Wildman–Crippen LogP) is 4.43. The van der Waals surface area contributed by atoms with E-state index >= 15 is 0 Å². The Kier molecular flexibility index (Phi) is 5.84. The Balaban J connectivity index is 1.67. The van der Waals surface area contributed by atoms with Crippen molar-refractivity contribution in [3.8, 4) is 0 Å². The standard InChI is InChI=1S/C17H12F3N3O4S2/c1-8(17(18,19)20)27-16(26)23-12(24)9-6-7-28-14(9)22-13(25)15-21-10-4-2-3-5-11(10)29-15/h2-8H,1H3,(H,22,25)(H,23,24,26). The molecule has 2 heterocycles. The van der Waals surface area contributed by atoms with Crippen molar-refractivity contribution in [2.75, 3.05) is 5.32 Å². The smallest absolute Gasteiger partial charge is 0.425 e. The molecule has 0 spiro atoms. The Hall–Kier alpha value is -2.99. The van der Waals surface area contributed by atoms with Crippen molar-refractivity contribution in [3.63, 3.8) is 0 Å². The van der Waals surface area contributed by atoms with Crippen LogP contribution in [0.25, 0.3) is 10.2 Å². The fourth-order valence-corrected chi connectivity index (χ4v) is 3.77. The molecule has 1 atom stereocenters. The average molecular weight is 443 g/mol. The van der Waals surface area contributed by atoms with Crippen LogP contribution in [0.3, 0.4) is 0 Å². The highest BCUT2D eigenvalue weighted by molar-refractivity contribution is 7.20. The zero-order valence-corrected chi connectivity index (χ0v) is 16.2. The maximum atomic E-state index is 12.4. The van der Waals surface area contributed by atoms with Crippen LogP contribution >= 0.6 is 22.7 Å². The summed E-state index contributed by atoms with van der Waals surface area (Å²) in [7, 11) is 0. The van der Waals surface area contributed by atoms with Gasteiger partial charge in [0.1, 0.15) is 5.00 Å². The minimum atomic E-state index is -4.75. The van der Waals surface area contributed by atoms with Gasteiger partial charge in [-0.1, -0.05) is 12.1 Å². The van der Waals surface area contributed by atoms with Gasteiger partial charge in [-0.25, -0.2) is 9.78 Å². The summed E-state index contributed by atoms with van der Waals surface area (Å²) in [5.74, 6) is -1.57. The number of rotatable bonds is 4. The molecule has 0 bridgehead atoms. The normalized spacial score (nSPS) is 12.4. The number of hydrogen-bond acceptors (Lipinski definition) is 7. The molecule has 1 aromatic carbocycles. The highest BCUT2D eigenvalue weighted by Crippen LogP contribution is 2.27. The van der Waals surface area contributed by atoms with Crippen LogP contribution in [0.5, 0.6) is 0 Å². The molecule has 0 aliphatic rings. The zero-order chi connectivity index (χ0) is 21.2. The lowest BCUT2D eigenvalue weighted by molar-refractivity contribution is -0.197. The van der Waals surface area contributed by atoms with Gasteiger partial charge in [0.15, 0.2) is 11.1 Å². The number of alkyl carbamates (subject to hydrolysis) is 1. The van der Waals surface area contributed by atoms with E-state index in [0.717, 1.165) is 27.4 Å². The fraction of sp³-hybridized carbons (Fsp3) is 0.176. The van der Waals surface area contributed by atoms with Gasteiger partial charge in [-0.3, -0.25) is 14.9 Å². The summed E-state index contributed by atoms with van der Waals surface area (Å²) in [6.45, 7) is 0.637. The van der Waals surface area contributed by atoms with Gasteiger partial charge in [-0.2, -0.15) is 13.2 Å². The summed E-state index contributed by atoms with van der Waals surface area (Å²) in [5.41, 5.74) is 0.550. The topological polar surface area (TPSA) is 97.4 Å². The van der Waals surface area contributed by atoms with Crippen LogP contribution in [0.4, 0.5) is 23.0 Å². The van der Waals surface area contributed by atoms with Gasteiger partial charge in [0.05, 0.1) is 15.8 Å². The number of para-hydroxylation sites is 1. The quantitative estimate of drug-likeness (QED) is 0.622. The van der Waals surface area contributed by atoms with Crippen molar-refractivity contribution in [2.24, 2.45) is 0 Å². The molecule has 0 radical (unpaired) electrons. The summed E-state index contributed by atoms with van der Waals surface area (Å²) >= 11 is 2.17. The summed E-state index contributed by atoms with van der Waals surface area (Å²) in [4.78, 5) is 40.3. The van der Waals surface area contributed by atoms with Crippen LogP contribution in [0.2, 0.25) is 0 Å². The number of aromatic nitrogens is 1. The summed E-state index contributed by atoms with van der Waals surface area (Å²) in [6, 6.07) is 8.46. The van der Waals surface area contributed by atoms with E-state index in [0.29, 0.717) is 12.4 Å². The summed E-state index contributed by atoms with van der Waals surface area (Å²) < 4.78 is 42.2. The molecule has 3 rings (SSSR count). The van der Waals surface area contributed by atoms with Crippen LogP contribution < -0.4 is 10.6 Å². The van der Waals surface area contributed by atoms with E-state index in [9.17, 15) is 27.6 Å². The molecule has 3 aromatic rings. The lowest BCUT2D eigenvalue weighted by Crippen LogP contribution is -2.38. The molecular weight excluding hydrogens is 431 g/mol. The number of alkyl halides is 3. The van der Waals surface area contributed by atoms with Gasteiger partial charge in [0, 0.05) is 0 Å². The number of ether oxygens (including phenoxy) is 1. The molecular formula is C17H12F3N3O4S2. The van der Waals surface area contributed by atoms with Gasteiger partial charge in [-0.15, -0.1) is 22.7 Å². The summed E-state index contributed by atoms with van der Waals surface area (Å²) in [5, 5.41) is 5.99. The third kappa shape index (κ3) is 4.90. The molecule has 0 saturated carbocycles. The number of benzene rings is 1. The first-order valence-corrected chi connectivity index (χ1v) is 9.68. The number of imide groups is 1. The minimum absolute atomic E-state index is 0.0962. The van der Waals surface area contributed by atoms with Crippen LogP contribution in [0.15, 0.2) is 35.7 Å². The number of anilines is 1. The number of halogens is 3. The van der Waals surface area contributed by atoms with E-state index in [1.807, 2.05) is 6.07 Å². The Morgan fingerprint density at radius 2 is 1.86 bits per heavy atom. The molecule has 12 heteroatoms. The fourth-order valence-electron chi connectivity index (χ4n) is 2.13. The molecule has 0 aliphatic heterocycles. The van der Waals surface area contributed by atoms with Crippen molar-refractivity contribution in [1.82, 2.24) is 10.3 Å². The number of hydrogen-bond donors (Lipinski definition) is 2.